The lowest BCUT2D eigenvalue weighted by Gasteiger charge is -2.23. The number of aromatic amines is 1. The average molecular weight is 717 g/mol. The Morgan fingerprint density at radius 2 is 1.69 bits per heavy atom. The van der Waals surface area contributed by atoms with E-state index >= 15 is 4.57 Å². The van der Waals surface area contributed by atoms with Gasteiger partial charge in [0.2, 0.25) is 0 Å². The number of aromatic nitrogens is 4. The molecule has 4 aromatic carbocycles. The second-order valence-electron chi connectivity index (χ2n) is 11.6. The summed E-state index contributed by atoms with van der Waals surface area (Å²) in [4.78, 5) is 34.6. The van der Waals surface area contributed by atoms with Crippen LogP contribution in [0.5, 0.6) is 5.75 Å². The number of carbonyl (C=O) groups is 2. The first-order valence-corrected chi connectivity index (χ1v) is 18.4. The van der Waals surface area contributed by atoms with Gasteiger partial charge in [-0.1, -0.05) is 48.2 Å². The Kier molecular flexibility index (Phi) is 9.46. The van der Waals surface area contributed by atoms with Crippen molar-refractivity contribution >= 4 is 76.2 Å². The maximum atomic E-state index is 15.4. The van der Waals surface area contributed by atoms with E-state index in [1.807, 2.05) is 97.1 Å². The highest BCUT2D eigenvalue weighted by Gasteiger charge is 2.36. The van der Waals surface area contributed by atoms with E-state index in [9.17, 15) is 9.59 Å². The maximum absolute atomic E-state index is 15.4. The molecule has 1 amide bonds. The molecule has 256 valence electrons. The lowest BCUT2D eigenvalue weighted by Crippen LogP contribution is -2.36. The summed E-state index contributed by atoms with van der Waals surface area (Å²) in [6, 6.07) is 30.8. The highest BCUT2D eigenvalue weighted by molar-refractivity contribution is 7.99. The van der Waals surface area contributed by atoms with E-state index in [-0.39, 0.29) is 5.91 Å². The van der Waals surface area contributed by atoms with Gasteiger partial charge >= 0.3 is 13.6 Å². The van der Waals surface area contributed by atoms with Crippen LogP contribution in [-0.4, -0.2) is 51.6 Å². The van der Waals surface area contributed by atoms with E-state index in [1.54, 1.807) is 38.4 Å². The molecule has 0 fully saturated rings. The molecule has 11 nitrogen and oxygen atoms in total. The predicted molar refractivity (Wildman–Crippen MR) is 201 cm³/mol. The van der Waals surface area contributed by atoms with Gasteiger partial charge in [-0.25, -0.2) is 9.65 Å². The van der Waals surface area contributed by atoms with Crippen molar-refractivity contribution in [2.45, 2.75) is 22.8 Å². The molecule has 0 aliphatic heterocycles. The Morgan fingerprint density at radius 3 is 2.49 bits per heavy atom. The fourth-order valence-electron chi connectivity index (χ4n) is 5.76. The number of hydrogen-bond acceptors (Lipinski definition) is 8. The molecule has 0 saturated carbocycles. The minimum Gasteiger partial charge on any atom is -0.468 e. The van der Waals surface area contributed by atoms with Gasteiger partial charge in [-0.15, -0.1) is 0 Å². The molecule has 2 atom stereocenters. The summed E-state index contributed by atoms with van der Waals surface area (Å²) in [5.74, 6) is -0.531. The number of para-hydroxylation sites is 1. The van der Waals surface area contributed by atoms with Gasteiger partial charge in [0.05, 0.1) is 29.6 Å². The molecule has 3 aromatic heterocycles. The number of fused-ring (bicyclic) bond motifs is 4. The topological polar surface area (TPSA) is 140 Å². The molecule has 7 rings (SSSR count). The van der Waals surface area contributed by atoms with E-state index < -0.39 is 19.7 Å². The lowest BCUT2D eigenvalue weighted by molar-refractivity contribution is -0.142. The Bertz CT molecular complexity index is 2500. The molecule has 13 heteroatoms. The van der Waals surface area contributed by atoms with Crippen LogP contribution < -0.4 is 14.9 Å². The maximum Gasteiger partial charge on any atom is 0.440 e. The summed E-state index contributed by atoms with van der Waals surface area (Å²) in [6.45, 7) is 1.55. The number of esters is 1. The van der Waals surface area contributed by atoms with Crippen LogP contribution in [0.25, 0.3) is 44.9 Å². The van der Waals surface area contributed by atoms with Crippen LogP contribution in [0.1, 0.15) is 28.7 Å². The number of methoxy groups -OCH3 is 1. The minimum atomic E-state index is -4.27. The van der Waals surface area contributed by atoms with E-state index in [2.05, 4.69) is 20.4 Å². The predicted octanol–water partition coefficient (Wildman–Crippen LogP) is 7.93. The fraction of sp³-hybridized carbons (Fsp3) is 0.105. The number of H-pyrrole nitrogens is 1. The molecule has 3 N–H and O–H groups in total. The number of carbonyl (C=O) groups excluding carboxylic acids is 2. The number of ether oxygens (including phenoxy) is 1. The Balaban J connectivity index is 1.38. The Hall–Kier alpha value is -5.68. The molecule has 0 aliphatic carbocycles. The molecule has 0 radical (unpaired) electrons. The number of nitrogens with one attached hydrogen (secondary N) is 3. The van der Waals surface area contributed by atoms with Crippen LogP contribution in [0, 0.1) is 0 Å². The molecule has 0 aliphatic rings. The van der Waals surface area contributed by atoms with E-state index in [0.717, 1.165) is 31.6 Å². The average Bonchev–Trinajstić information content (AvgIpc) is 3.72. The van der Waals surface area contributed by atoms with Gasteiger partial charge < -0.3 is 19.6 Å². The summed E-state index contributed by atoms with van der Waals surface area (Å²) in [6.07, 6.45) is 5.30. The number of nitrogens with zero attached hydrogens (tertiary/aromatic N) is 3. The van der Waals surface area contributed by atoms with Crippen LogP contribution >= 0.6 is 19.4 Å². The summed E-state index contributed by atoms with van der Waals surface area (Å²) in [7, 11) is -1.41. The Labute approximate surface area is 297 Å². The zero-order valence-corrected chi connectivity index (χ0v) is 29.6. The largest absolute Gasteiger partial charge is 0.468 e. The highest BCUT2D eigenvalue weighted by atomic mass is 32.2. The normalized spacial score (nSPS) is 13.4. The molecule has 51 heavy (non-hydrogen) atoms. The summed E-state index contributed by atoms with van der Waals surface area (Å²) in [5.41, 5.74) is 4.05. The van der Waals surface area contributed by atoms with Gasteiger partial charge in [-0.05, 0) is 85.8 Å². The first kappa shape index (κ1) is 33.8. The highest BCUT2D eigenvalue weighted by Crippen LogP contribution is 2.49. The minimum absolute atomic E-state index is 0.211. The van der Waals surface area contributed by atoms with Gasteiger partial charge in [-0.2, -0.15) is 9.55 Å². The fourth-order valence-corrected chi connectivity index (χ4v) is 8.63. The molecule has 0 bridgehead atoms. The van der Waals surface area contributed by atoms with Gasteiger partial charge in [0.15, 0.2) is 0 Å². The molecular weight excluding hydrogens is 683 g/mol. The number of hydrogen-bond donors (Lipinski definition) is 3. The molecule has 1 unspecified atom stereocenters. The molecule has 7 aromatic rings. The van der Waals surface area contributed by atoms with Gasteiger partial charge in [0.1, 0.15) is 11.8 Å². The van der Waals surface area contributed by atoms with Crippen LogP contribution in [-0.2, 0) is 14.1 Å². The van der Waals surface area contributed by atoms with Crippen molar-refractivity contribution in [3.8, 4) is 5.75 Å². The van der Waals surface area contributed by atoms with Crippen molar-refractivity contribution < 1.29 is 23.4 Å². The van der Waals surface area contributed by atoms with Crippen molar-refractivity contribution in [1.82, 2.24) is 29.9 Å². The first-order chi connectivity index (χ1) is 24.8. The van der Waals surface area contributed by atoms with Crippen molar-refractivity contribution in [3.05, 3.63) is 126 Å². The first-order valence-electron chi connectivity index (χ1n) is 16.0. The zero-order valence-electron chi connectivity index (χ0n) is 27.9. The second-order valence-corrected chi connectivity index (χ2v) is 14.6. The van der Waals surface area contributed by atoms with Crippen LogP contribution in [0.2, 0.25) is 0 Å². The summed E-state index contributed by atoms with van der Waals surface area (Å²) >= 11 is 1.38. The molecule has 3 heterocycles. The molecule has 0 saturated heterocycles. The number of pyridine rings is 1. The summed E-state index contributed by atoms with van der Waals surface area (Å²) < 4.78 is 28.1. The van der Waals surface area contributed by atoms with Crippen molar-refractivity contribution in [2.24, 2.45) is 0 Å². The number of amides is 1. The molecular formula is C38H33N6O5PS. The Morgan fingerprint density at radius 1 is 0.902 bits per heavy atom. The van der Waals surface area contributed by atoms with Crippen LogP contribution in [0.3, 0.4) is 0 Å². The van der Waals surface area contributed by atoms with Crippen molar-refractivity contribution in [2.75, 3.05) is 14.2 Å². The van der Waals surface area contributed by atoms with Gasteiger partial charge in [-0.3, -0.25) is 14.6 Å². The van der Waals surface area contributed by atoms with E-state index in [0.29, 0.717) is 33.6 Å². The third-order valence-electron chi connectivity index (χ3n) is 8.22. The third kappa shape index (κ3) is 6.89. The van der Waals surface area contributed by atoms with E-state index in [1.165, 1.54) is 23.3 Å². The van der Waals surface area contributed by atoms with Crippen molar-refractivity contribution in [1.29, 1.82) is 0 Å². The quantitative estimate of drug-likeness (QED) is 0.0899. The third-order valence-corrected chi connectivity index (χ3v) is 11.3. The monoisotopic (exact) mass is 716 g/mol. The van der Waals surface area contributed by atoms with E-state index in [4.69, 9.17) is 14.4 Å². The zero-order chi connectivity index (χ0) is 35.5. The SMILES string of the molecule is CNC(=O)c1ccccc1Sc1ccc2c(/C=C/c3ccccn3)nn(P(=O)(N[C@@H](C)C(=O)OC)Oc3ccc4[nH]c5ccccc5c4c3)c2c1. The number of rotatable bonds is 11. The van der Waals surface area contributed by atoms with Gasteiger partial charge in [0, 0.05) is 50.2 Å². The van der Waals surface area contributed by atoms with Crippen LogP contribution in [0.4, 0.5) is 0 Å². The standard InChI is InChI=1S/C38H33N6O5PS/c1-24(38(46)48-3)43-50(47,49-26-16-20-33-31(22-26)28-11-4-6-13-32(28)41-33)44-35-23-27(51-36-14-7-5-12-30(36)37(45)39-2)17-18-29(35)34(42-44)19-15-25-10-8-9-21-40-25/h4-24,41H,1-3H3,(H,39,45)(H,43,47)/b19-15+/t24-,50?/m0/s1. The summed E-state index contributed by atoms with van der Waals surface area (Å²) in [5, 5.41) is 13.0. The molecule has 0 spiro atoms. The smallest absolute Gasteiger partial charge is 0.440 e. The van der Waals surface area contributed by atoms with Gasteiger partial charge in [0.25, 0.3) is 5.91 Å². The second kappa shape index (κ2) is 14.3. The van der Waals surface area contributed by atoms with Crippen molar-refractivity contribution in [3.63, 3.8) is 0 Å². The lowest BCUT2D eigenvalue weighted by atomic mass is 10.1. The van der Waals surface area contributed by atoms with Crippen LogP contribution in [0.15, 0.2) is 119 Å². The number of benzene rings is 4.